The largest absolute Gasteiger partial charge is 0.469 e. The van der Waals surface area contributed by atoms with Crippen LogP contribution in [-0.2, 0) is 16.1 Å². The number of nitrogens with zero attached hydrogens (tertiary/aromatic N) is 1. The number of halogens is 1. The second-order valence-electron chi connectivity index (χ2n) is 2.53. The van der Waals surface area contributed by atoms with Crippen LogP contribution >= 0.6 is 34.7 Å². The zero-order valence-electron chi connectivity index (χ0n) is 8.03. The van der Waals surface area contributed by atoms with Crippen LogP contribution in [0.15, 0.2) is 4.34 Å². The van der Waals surface area contributed by atoms with Crippen molar-refractivity contribution >= 4 is 40.7 Å². The van der Waals surface area contributed by atoms with E-state index in [0.717, 1.165) is 4.34 Å². The monoisotopic (exact) mass is 267 g/mol. The third kappa shape index (κ3) is 3.98. The molecule has 84 valence electrons. The van der Waals surface area contributed by atoms with Crippen molar-refractivity contribution in [2.45, 2.75) is 17.4 Å². The van der Waals surface area contributed by atoms with Crippen LogP contribution in [0.5, 0.6) is 0 Å². The van der Waals surface area contributed by atoms with Gasteiger partial charge in [-0.25, -0.2) is 4.98 Å². The molecule has 0 aliphatic carbocycles. The fourth-order valence-corrected chi connectivity index (χ4v) is 3.08. The molecule has 1 N–H and O–H groups in total. The lowest BCUT2D eigenvalue weighted by Crippen LogP contribution is -2.00. The third-order valence-electron chi connectivity index (χ3n) is 1.53. The predicted octanol–water partition coefficient (Wildman–Crippen LogP) is 1.94. The highest BCUT2D eigenvalue weighted by Gasteiger charge is 2.09. The van der Waals surface area contributed by atoms with Crippen LogP contribution in [0.25, 0.3) is 0 Å². The molecule has 0 unspecified atom stereocenters. The summed E-state index contributed by atoms with van der Waals surface area (Å²) in [5, 5.41) is 9.22. The molecule has 0 aromatic carbocycles. The van der Waals surface area contributed by atoms with Gasteiger partial charge in [-0.1, -0.05) is 23.4 Å². The normalized spacial score (nSPS) is 10.3. The number of ether oxygens (including phenoxy) is 1. The molecule has 0 spiro atoms. The van der Waals surface area contributed by atoms with E-state index in [0.29, 0.717) is 22.2 Å². The Labute approximate surface area is 101 Å². The van der Waals surface area contributed by atoms with Crippen LogP contribution in [0.1, 0.15) is 11.3 Å². The third-order valence-corrected chi connectivity index (χ3v) is 4.14. The smallest absolute Gasteiger partial charge is 0.306 e. The number of carbonyl (C=O) groups is 1. The maximum atomic E-state index is 10.8. The van der Waals surface area contributed by atoms with Crippen molar-refractivity contribution in [2.75, 3.05) is 12.9 Å². The molecule has 0 atom stereocenters. The number of aliphatic hydroxyl groups is 1. The highest BCUT2D eigenvalue weighted by Crippen LogP contribution is 2.30. The lowest BCUT2D eigenvalue weighted by Gasteiger charge is -1.96. The predicted molar refractivity (Wildman–Crippen MR) is 60.4 cm³/mol. The number of carbonyl (C=O) groups excluding carboxylic acids is 1. The highest BCUT2D eigenvalue weighted by molar-refractivity contribution is 8.01. The average Bonchev–Trinajstić information content (AvgIpc) is 2.58. The number of thiazole rings is 1. The fraction of sp³-hybridized carbons (Fsp3) is 0.500. The zero-order valence-corrected chi connectivity index (χ0v) is 10.4. The minimum Gasteiger partial charge on any atom is -0.469 e. The van der Waals surface area contributed by atoms with Crippen LogP contribution < -0.4 is 0 Å². The van der Waals surface area contributed by atoms with Crippen LogP contribution in [-0.4, -0.2) is 28.9 Å². The van der Waals surface area contributed by atoms with E-state index in [4.69, 9.17) is 16.7 Å². The Morgan fingerprint density at radius 3 is 3.00 bits per heavy atom. The van der Waals surface area contributed by atoms with Gasteiger partial charge >= 0.3 is 5.97 Å². The van der Waals surface area contributed by atoms with Gasteiger partial charge in [0.1, 0.15) is 5.15 Å². The summed E-state index contributed by atoms with van der Waals surface area (Å²) in [7, 11) is 1.36. The molecule has 0 saturated carbocycles. The van der Waals surface area contributed by atoms with Crippen LogP contribution in [0.2, 0.25) is 5.15 Å². The Morgan fingerprint density at radius 2 is 2.47 bits per heavy atom. The number of rotatable bonds is 5. The van der Waals surface area contributed by atoms with Crippen LogP contribution in [0.4, 0.5) is 0 Å². The van der Waals surface area contributed by atoms with Gasteiger partial charge in [-0.2, -0.15) is 0 Å². The van der Waals surface area contributed by atoms with Gasteiger partial charge in [-0.3, -0.25) is 4.79 Å². The van der Waals surface area contributed by atoms with E-state index in [9.17, 15) is 4.79 Å². The van der Waals surface area contributed by atoms with E-state index in [2.05, 4.69) is 9.72 Å². The van der Waals surface area contributed by atoms with Gasteiger partial charge in [0.2, 0.25) is 0 Å². The van der Waals surface area contributed by atoms with Gasteiger partial charge in [0.05, 0.1) is 25.0 Å². The molecule has 0 amide bonds. The summed E-state index contributed by atoms with van der Waals surface area (Å²) in [4.78, 5) is 15.5. The first-order valence-corrected chi connectivity index (χ1v) is 6.31. The molecule has 0 saturated heterocycles. The lowest BCUT2D eigenvalue weighted by atomic mass is 10.5. The molecular formula is C8H10ClNO3S2. The van der Waals surface area contributed by atoms with Gasteiger partial charge in [0, 0.05) is 5.75 Å². The molecule has 0 radical (unpaired) electrons. The zero-order chi connectivity index (χ0) is 11.3. The first-order chi connectivity index (χ1) is 7.17. The van der Waals surface area contributed by atoms with E-state index in [1.54, 1.807) is 0 Å². The van der Waals surface area contributed by atoms with E-state index in [1.165, 1.54) is 30.2 Å². The standard InChI is InChI=1S/C8H10ClNO3S2/c1-13-6(12)2-3-14-8-10-7(9)5(4-11)15-8/h11H,2-4H2,1H3. The van der Waals surface area contributed by atoms with Crippen molar-refractivity contribution < 1.29 is 14.6 Å². The first-order valence-electron chi connectivity index (χ1n) is 4.13. The number of esters is 1. The van der Waals surface area contributed by atoms with Gasteiger partial charge in [0.15, 0.2) is 4.34 Å². The highest BCUT2D eigenvalue weighted by atomic mass is 35.5. The van der Waals surface area contributed by atoms with Crippen molar-refractivity contribution in [1.82, 2.24) is 4.98 Å². The Kier molecular flexibility index (Phi) is 5.38. The van der Waals surface area contributed by atoms with E-state index < -0.39 is 0 Å². The lowest BCUT2D eigenvalue weighted by molar-refractivity contribution is -0.140. The quantitative estimate of drug-likeness (QED) is 0.653. The Bertz CT molecular complexity index is 343. The summed E-state index contributed by atoms with van der Waals surface area (Å²) in [5.74, 6) is 0.356. The van der Waals surface area contributed by atoms with Crippen LogP contribution in [0, 0.1) is 0 Å². The summed E-state index contributed by atoms with van der Waals surface area (Å²) in [6.07, 6.45) is 0.340. The van der Waals surface area contributed by atoms with E-state index in [1.807, 2.05) is 0 Å². The number of hydrogen-bond acceptors (Lipinski definition) is 6. The summed E-state index contributed by atoms with van der Waals surface area (Å²) < 4.78 is 5.26. The SMILES string of the molecule is COC(=O)CCSc1nc(Cl)c(CO)s1. The Hall–Kier alpha value is -0.300. The van der Waals surface area contributed by atoms with E-state index >= 15 is 0 Å². The average molecular weight is 268 g/mol. The summed E-state index contributed by atoms with van der Waals surface area (Å²) in [5.41, 5.74) is 0. The molecule has 1 rings (SSSR count). The summed E-state index contributed by atoms with van der Waals surface area (Å²) in [6.45, 7) is -0.103. The van der Waals surface area contributed by atoms with Crippen LogP contribution in [0.3, 0.4) is 0 Å². The number of aliphatic hydroxyl groups excluding tert-OH is 1. The molecule has 1 heterocycles. The van der Waals surface area contributed by atoms with Gasteiger partial charge in [-0.05, 0) is 0 Å². The topological polar surface area (TPSA) is 59.4 Å². The fourth-order valence-electron chi connectivity index (χ4n) is 0.796. The molecule has 0 aliphatic rings. The molecule has 15 heavy (non-hydrogen) atoms. The minimum absolute atomic E-state index is 0.103. The summed E-state index contributed by atoms with van der Waals surface area (Å²) in [6, 6.07) is 0. The van der Waals surface area contributed by atoms with Crippen molar-refractivity contribution in [1.29, 1.82) is 0 Å². The molecular weight excluding hydrogens is 258 g/mol. The molecule has 1 aromatic rings. The summed E-state index contributed by atoms with van der Waals surface area (Å²) >= 11 is 8.51. The number of aromatic nitrogens is 1. The molecule has 0 fully saturated rings. The van der Waals surface area contributed by atoms with Gasteiger partial charge < -0.3 is 9.84 Å². The minimum atomic E-state index is -0.243. The number of hydrogen-bond donors (Lipinski definition) is 1. The first kappa shape index (κ1) is 12.8. The Morgan fingerprint density at radius 1 is 1.73 bits per heavy atom. The number of methoxy groups -OCH3 is 1. The van der Waals surface area contributed by atoms with Crippen molar-refractivity contribution in [3.8, 4) is 0 Å². The second kappa shape index (κ2) is 6.32. The van der Waals surface area contributed by atoms with Gasteiger partial charge in [0.25, 0.3) is 0 Å². The molecule has 7 heteroatoms. The maximum Gasteiger partial charge on any atom is 0.306 e. The molecule has 4 nitrogen and oxygen atoms in total. The second-order valence-corrected chi connectivity index (χ2v) is 5.31. The van der Waals surface area contributed by atoms with E-state index in [-0.39, 0.29) is 12.6 Å². The number of thioether (sulfide) groups is 1. The van der Waals surface area contributed by atoms with Gasteiger partial charge in [-0.15, -0.1) is 11.3 Å². The molecule has 1 aromatic heterocycles. The van der Waals surface area contributed by atoms with Crippen molar-refractivity contribution in [3.63, 3.8) is 0 Å². The molecule has 0 bridgehead atoms. The Balaban J connectivity index is 2.41. The van der Waals surface area contributed by atoms with Crippen molar-refractivity contribution in [2.24, 2.45) is 0 Å². The molecule has 0 aliphatic heterocycles. The maximum absolute atomic E-state index is 10.8. The van der Waals surface area contributed by atoms with Crippen molar-refractivity contribution in [3.05, 3.63) is 10.0 Å².